The number of rotatable bonds is 4. The Hall–Kier alpha value is -1.95. The molecule has 6 nitrogen and oxygen atoms in total. The minimum absolute atomic E-state index is 0.118. The van der Waals surface area contributed by atoms with E-state index >= 15 is 0 Å². The van der Waals surface area contributed by atoms with Crippen LogP contribution >= 0.6 is 11.6 Å². The summed E-state index contributed by atoms with van der Waals surface area (Å²) >= 11 is 5.95. The molecular formula is C15H20ClNO5. The molecule has 0 spiro atoms. The van der Waals surface area contributed by atoms with Crippen LogP contribution < -0.4 is 4.74 Å². The van der Waals surface area contributed by atoms with Crippen molar-refractivity contribution in [3.05, 3.63) is 22.7 Å². The van der Waals surface area contributed by atoms with Gasteiger partial charge in [-0.3, -0.25) is 4.90 Å². The molecule has 0 radical (unpaired) electrons. The highest BCUT2D eigenvalue weighted by molar-refractivity contribution is 6.30. The van der Waals surface area contributed by atoms with E-state index in [0.717, 1.165) is 4.90 Å². The van der Waals surface area contributed by atoms with Crippen molar-refractivity contribution in [1.82, 2.24) is 4.90 Å². The van der Waals surface area contributed by atoms with Crippen LogP contribution in [0.25, 0.3) is 0 Å². The molecule has 22 heavy (non-hydrogen) atoms. The first-order valence-electron chi connectivity index (χ1n) is 6.58. The van der Waals surface area contributed by atoms with Gasteiger partial charge in [0.2, 0.25) is 0 Å². The molecular weight excluding hydrogens is 310 g/mol. The minimum atomic E-state index is -1.05. The van der Waals surface area contributed by atoms with Crippen LogP contribution in [0.4, 0.5) is 4.79 Å². The number of phenolic OH excluding ortho intramolecular Hbond substituents is 1. The van der Waals surface area contributed by atoms with E-state index in [1.54, 1.807) is 20.8 Å². The van der Waals surface area contributed by atoms with Crippen molar-refractivity contribution >= 4 is 24.0 Å². The number of methoxy groups -OCH3 is 1. The summed E-state index contributed by atoms with van der Waals surface area (Å²) in [4.78, 5) is 24.6. The van der Waals surface area contributed by atoms with Crippen molar-refractivity contribution in [1.29, 1.82) is 0 Å². The maximum absolute atomic E-state index is 12.1. The Morgan fingerprint density at radius 1 is 1.41 bits per heavy atom. The maximum atomic E-state index is 12.1. The summed E-state index contributed by atoms with van der Waals surface area (Å²) in [6.07, 6.45) is -0.169. The second-order valence-corrected chi connectivity index (χ2v) is 6.15. The molecule has 0 aromatic heterocycles. The van der Waals surface area contributed by atoms with E-state index in [-0.39, 0.29) is 22.1 Å². The van der Waals surface area contributed by atoms with Gasteiger partial charge in [-0.05, 0) is 26.8 Å². The van der Waals surface area contributed by atoms with Crippen molar-refractivity contribution in [3.8, 4) is 11.5 Å². The standard InChI is InChI=1S/C15H20ClNO5/c1-15(2,3)22-14(20)17(4)11(8-18)10-6-9(16)7-12(21-5)13(10)19/h6-8,11,19H,1-5H3. The van der Waals surface area contributed by atoms with Gasteiger partial charge < -0.3 is 19.4 Å². The number of halogens is 1. The lowest BCUT2D eigenvalue weighted by molar-refractivity contribution is -0.112. The lowest BCUT2D eigenvalue weighted by atomic mass is 10.1. The third-order valence-corrected chi connectivity index (χ3v) is 3.05. The van der Waals surface area contributed by atoms with Crippen LogP contribution in [0, 0.1) is 0 Å². The van der Waals surface area contributed by atoms with Gasteiger partial charge >= 0.3 is 6.09 Å². The molecule has 0 fully saturated rings. The third kappa shape index (κ3) is 4.27. The maximum Gasteiger partial charge on any atom is 0.410 e. The van der Waals surface area contributed by atoms with E-state index in [1.807, 2.05) is 0 Å². The Kier molecular flexibility index (Phi) is 5.65. The van der Waals surface area contributed by atoms with Crippen molar-refractivity contribution in [3.63, 3.8) is 0 Å². The van der Waals surface area contributed by atoms with E-state index < -0.39 is 17.7 Å². The number of phenols is 1. The quantitative estimate of drug-likeness (QED) is 0.859. The number of carbonyl (C=O) groups excluding carboxylic acids is 2. The second kappa shape index (κ2) is 6.87. The van der Waals surface area contributed by atoms with Crippen LogP contribution in [0.2, 0.25) is 5.02 Å². The second-order valence-electron chi connectivity index (χ2n) is 5.72. The smallest absolute Gasteiger partial charge is 0.410 e. The summed E-state index contributed by atoms with van der Waals surface area (Å²) in [5, 5.41) is 10.4. The van der Waals surface area contributed by atoms with E-state index in [1.165, 1.54) is 26.3 Å². The van der Waals surface area contributed by atoms with Crippen molar-refractivity contribution < 1.29 is 24.2 Å². The minimum Gasteiger partial charge on any atom is -0.504 e. The fraction of sp³-hybridized carbons (Fsp3) is 0.467. The zero-order chi connectivity index (χ0) is 17.1. The van der Waals surface area contributed by atoms with Crippen LogP contribution in [0.15, 0.2) is 12.1 Å². The molecule has 1 aromatic carbocycles. The molecule has 7 heteroatoms. The Balaban J connectivity index is 3.19. The fourth-order valence-corrected chi connectivity index (χ4v) is 2.01. The normalized spacial score (nSPS) is 12.5. The number of aromatic hydroxyl groups is 1. The Labute approximate surface area is 134 Å². The molecule has 0 bridgehead atoms. The van der Waals surface area contributed by atoms with Gasteiger partial charge in [0.25, 0.3) is 0 Å². The van der Waals surface area contributed by atoms with Gasteiger partial charge in [0.1, 0.15) is 17.9 Å². The number of hydrogen-bond donors (Lipinski definition) is 1. The molecule has 0 heterocycles. The summed E-state index contributed by atoms with van der Waals surface area (Å²) in [5.74, 6) is -0.133. The van der Waals surface area contributed by atoms with Crippen LogP contribution in [-0.4, -0.2) is 42.1 Å². The highest BCUT2D eigenvalue weighted by atomic mass is 35.5. The summed E-state index contributed by atoms with van der Waals surface area (Å²) < 4.78 is 10.2. The molecule has 1 aromatic rings. The highest BCUT2D eigenvalue weighted by Gasteiger charge is 2.29. The van der Waals surface area contributed by atoms with Crippen LogP contribution in [-0.2, 0) is 9.53 Å². The first kappa shape index (κ1) is 18.1. The molecule has 1 atom stereocenters. The summed E-state index contributed by atoms with van der Waals surface area (Å²) in [5.41, 5.74) is -0.542. The van der Waals surface area contributed by atoms with Gasteiger partial charge in [-0.15, -0.1) is 0 Å². The zero-order valence-electron chi connectivity index (χ0n) is 13.2. The number of ether oxygens (including phenoxy) is 2. The number of likely N-dealkylation sites (N-methyl/N-ethyl adjacent to an activating group) is 1. The van der Waals surface area contributed by atoms with E-state index in [9.17, 15) is 14.7 Å². The van der Waals surface area contributed by atoms with E-state index in [2.05, 4.69) is 0 Å². The first-order valence-corrected chi connectivity index (χ1v) is 6.96. The van der Waals surface area contributed by atoms with Crippen LogP contribution in [0.5, 0.6) is 11.5 Å². The van der Waals surface area contributed by atoms with E-state index in [4.69, 9.17) is 21.1 Å². The zero-order valence-corrected chi connectivity index (χ0v) is 14.0. The number of benzene rings is 1. The number of nitrogens with zero attached hydrogens (tertiary/aromatic N) is 1. The van der Waals surface area contributed by atoms with Crippen LogP contribution in [0.3, 0.4) is 0 Å². The predicted molar refractivity (Wildman–Crippen MR) is 82.5 cm³/mol. The Bertz CT molecular complexity index is 568. The van der Waals surface area contributed by atoms with Gasteiger partial charge in [0, 0.05) is 23.7 Å². The molecule has 1 amide bonds. The first-order chi connectivity index (χ1) is 10.1. The van der Waals surface area contributed by atoms with Crippen molar-refractivity contribution in [2.75, 3.05) is 14.2 Å². The van der Waals surface area contributed by atoms with Crippen LogP contribution in [0.1, 0.15) is 32.4 Å². The largest absolute Gasteiger partial charge is 0.504 e. The number of aldehydes is 1. The van der Waals surface area contributed by atoms with Gasteiger partial charge in [-0.1, -0.05) is 11.6 Å². The third-order valence-electron chi connectivity index (χ3n) is 2.84. The molecule has 0 saturated heterocycles. The monoisotopic (exact) mass is 329 g/mol. The predicted octanol–water partition coefficient (Wildman–Crippen LogP) is 3.16. The van der Waals surface area contributed by atoms with Gasteiger partial charge in [0.15, 0.2) is 11.5 Å². The van der Waals surface area contributed by atoms with Gasteiger partial charge in [-0.25, -0.2) is 4.79 Å². The lowest BCUT2D eigenvalue weighted by Gasteiger charge is -2.28. The molecule has 122 valence electrons. The average Bonchev–Trinajstić information content (AvgIpc) is 2.40. The molecule has 1 unspecified atom stereocenters. The molecule has 1 N–H and O–H groups in total. The summed E-state index contributed by atoms with van der Waals surface area (Å²) in [6, 6.07) is 1.76. The molecule has 1 rings (SSSR count). The number of carbonyl (C=O) groups is 2. The van der Waals surface area contributed by atoms with Crippen molar-refractivity contribution in [2.24, 2.45) is 0 Å². The van der Waals surface area contributed by atoms with Gasteiger partial charge in [-0.2, -0.15) is 0 Å². The highest BCUT2D eigenvalue weighted by Crippen LogP contribution is 2.38. The van der Waals surface area contributed by atoms with Gasteiger partial charge in [0.05, 0.1) is 7.11 Å². The average molecular weight is 330 g/mol. The molecule has 0 aliphatic carbocycles. The molecule has 0 saturated carbocycles. The Morgan fingerprint density at radius 2 is 2.00 bits per heavy atom. The fourth-order valence-electron chi connectivity index (χ4n) is 1.80. The SMILES string of the molecule is COc1cc(Cl)cc(C(C=O)N(C)C(=O)OC(C)(C)C)c1O. The van der Waals surface area contributed by atoms with Crippen molar-refractivity contribution in [2.45, 2.75) is 32.4 Å². The Morgan fingerprint density at radius 3 is 2.45 bits per heavy atom. The van der Waals surface area contributed by atoms with E-state index in [0.29, 0.717) is 6.29 Å². The number of hydrogen-bond acceptors (Lipinski definition) is 5. The number of amides is 1. The summed E-state index contributed by atoms with van der Waals surface area (Å²) in [6.45, 7) is 5.15. The molecule has 0 aliphatic rings. The topological polar surface area (TPSA) is 76.1 Å². The lowest BCUT2D eigenvalue weighted by Crippen LogP contribution is -2.37. The summed E-state index contributed by atoms with van der Waals surface area (Å²) in [7, 11) is 2.77. The molecule has 0 aliphatic heterocycles.